The molecule has 0 saturated carbocycles. The summed E-state index contributed by atoms with van der Waals surface area (Å²) in [7, 11) is 0. The largest absolute Gasteiger partial charge is 0.481 e. The van der Waals surface area contributed by atoms with Gasteiger partial charge in [0.25, 0.3) is 0 Å². The van der Waals surface area contributed by atoms with Crippen molar-refractivity contribution in [3.05, 3.63) is 12.7 Å². The van der Waals surface area contributed by atoms with E-state index in [0.717, 1.165) is 0 Å². The molecular formula is C20H34O15. The maximum Gasteiger partial charge on any atom is 0.310 e. The third kappa shape index (κ3) is 7.86. The Hall–Kier alpha value is -1.76. The van der Waals surface area contributed by atoms with Gasteiger partial charge < -0.3 is 65.3 Å². The van der Waals surface area contributed by atoms with Gasteiger partial charge in [0.2, 0.25) is 5.79 Å². The second kappa shape index (κ2) is 14.1. The Balaban J connectivity index is 0.000000434. The van der Waals surface area contributed by atoms with Crippen LogP contribution in [0.1, 0.15) is 19.3 Å². The van der Waals surface area contributed by atoms with E-state index in [1.54, 1.807) is 0 Å². The number of aliphatic hydroxyl groups excluding tert-OH is 8. The molecule has 0 aromatic heterocycles. The van der Waals surface area contributed by atoms with Crippen LogP contribution in [0, 0.1) is 5.92 Å². The summed E-state index contributed by atoms with van der Waals surface area (Å²) in [6, 6.07) is 0. The quantitative estimate of drug-likeness (QED) is 0.117. The zero-order valence-electron chi connectivity index (χ0n) is 18.7. The zero-order valence-corrected chi connectivity index (χ0v) is 18.7. The summed E-state index contributed by atoms with van der Waals surface area (Å²) in [5.41, 5.74) is 0. The minimum Gasteiger partial charge on any atom is -0.481 e. The number of carbonyl (C=O) groups is 2. The first-order valence-corrected chi connectivity index (χ1v) is 10.7. The van der Waals surface area contributed by atoms with Gasteiger partial charge in [0, 0.05) is 6.42 Å². The number of carboxylic acids is 2. The van der Waals surface area contributed by atoms with Gasteiger partial charge in [0.15, 0.2) is 6.29 Å². The van der Waals surface area contributed by atoms with Crippen molar-refractivity contribution in [2.75, 3.05) is 19.8 Å². The fraction of sp³-hybridized carbons (Fsp3) is 0.800. The van der Waals surface area contributed by atoms with Crippen LogP contribution < -0.4 is 0 Å². The standard InChI is InChI=1S/C12H22O11.C8H12O4/c13-1-4-6(16)8(18)9(19)11(21-4)23-12(3-15)10(20)7(17)5(2-14)22-12;1-2-6(8(11)12)4-3-5-7(9)10/h4-11,13-20H,1-3H2;2,6H,1,3-5H2,(H,9,10)(H,11,12)/t4-,5-,6-,7-,8+,9-,10+,11-,12+;/m1./s1. The van der Waals surface area contributed by atoms with Crippen LogP contribution in [-0.4, -0.2) is 138 Å². The molecule has 2 fully saturated rings. The van der Waals surface area contributed by atoms with Crippen molar-refractivity contribution in [3.63, 3.8) is 0 Å². The van der Waals surface area contributed by atoms with E-state index in [-0.39, 0.29) is 6.42 Å². The molecule has 10 N–H and O–H groups in total. The summed E-state index contributed by atoms with van der Waals surface area (Å²) >= 11 is 0. The molecular weight excluding hydrogens is 480 g/mol. The number of aliphatic hydroxyl groups is 8. The molecule has 0 spiro atoms. The minimum absolute atomic E-state index is 0.0115. The van der Waals surface area contributed by atoms with Crippen LogP contribution in [0.2, 0.25) is 0 Å². The van der Waals surface area contributed by atoms with Crippen molar-refractivity contribution in [2.45, 2.75) is 74.1 Å². The van der Waals surface area contributed by atoms with E-state index in [1.165, 1.54) is 6.08 Å². The Morgan fingerprint density at radius 1 is 0.943 bits per heavy atom. The fourth-order valence-corrected chi connectivity index (χ4v) is 3.45. The second-order valence-corrected chi connectivity index (χ2v) is 8.03. The monoisotopic (exact) mass is 514 g/mol. The number of aliphatic carboxylic acids is 2. The molecule has 204 valence electrons. The molecule has 0 aliphatic carbocycles. The average Bonchev–Trinajstić information content (AvgIpc) is 3.07. The lowest BCUT2D eigenvalue weighted by Gasteiger charge is -2.43. The summed E-state index contributed by atoms with van der Waals surface area (Å²) in [4.78, 5) is 20.5. The van der Waals surface area contributed by atoms with Gasteiger partial charge in [0.1, 0.15) is 49.3 Å². The Labute approximate surface area is 200 Å². The maximum atomic E-state index is 10.4. The van der Waals surface area contributed by atoms with E-state index in [9.17, 15) is 40.2 Å². The molecule has 10 atom stereocenters. The van der Waals surface area contributed by atoms with Crippen LogP contribution in [0.25, 0.3) is 0 Å². The van der Waals surface area contributed by atoms with Crippen molar-refractivity contribution in [1.29, 1.82) is 0 Å². The molecule has 2 aliphatic heterocycles. The summed E-state index contributed by atoms with van der Waals surface area (Å²) in [5.74, 6) is -4.69. The number of rotatable bonds is 11. The van der Waals surface area contributed by atoms with Gasteiger partial charge in [-0.05, 0) is 12.8 Å². The molecule has 0 amide bonds. The predicted octanol–water partition coefficient (Wildman–Crippen LogP) is -4.27. The van der Waals surface area contributed by atoms with Crippen molar-refractivity contribution in [3.8, 4) is 0 Å². The Morgan fingerprint density at radius 2 is 1.54 bits per heavy atom. The molecule has 2 aliphatic rings. The van der Waals surface area contributed by atoms with Crippen molar-refractivity contribution in [2.24, 2.45) is 5.92 Å². The molecule has 15 nitrogen and oxygen atoms in total. The Bertz CT molecular complexity index is 687. The normalized spacial score (nSPS) is 37.7. The van der Waals surface area contributed by atoms with Gasteiger partial charge in [-0.2, -0.15) is 0 Å². The van der Waals surface area contributed by atoms with Crippen LogP contribution in [0.4, 0.5) is 0 Å². The van der Waals surface area contributed by atoms with Crippen molar-refractivity contribution < 1.29 is 74.9 Å². The van der Waals surface area contributed by atoms with Gasteiger partial charge in [-0.15, -0.1) is 6.58 Å². The number of hydrogen-bond donors (Lipinski definition) is 10. The van der Waals surface area contributed by atoms with Crippen molar-refractivity contribution in [1.82, 2.24) is 0 Å². The first-order valence-electron chi connectivity index (χ1n) is 10.7. The molecule has 2 rings (SSSR count). The van der Waals surface area contributed by atoms with Gasteiger partial charge in [0.05, 0.1) is 19.1 Å². The highest BCUT2D eigenvalue weighted by Crippen LogP contribution is 2.35. The maximum absolute atomic E-state index is 10.4. The lowest BCUT2D eigenvalue weighted by molar-refractivity contribution is -0.383. The topological polar surface area (TPSA) is 264 Å². The van der Waals surface area contributed by atoms with Gasteiger partial charge in [-0.25, -0.2) is 0 Å². The van der Waals surface area contributed by atoms with Gasteiger partial charge >= 0.3 is 11.9 Å². The van der Waals surface area contributed by atoms with E-state index < -0.39 is 92.5 Å². The number of hydrogen-bond acceptors (Lipinski definition) is 13. The minimum atomic E-state index is -2.22. The van der Waals surface area contributed by atoms with E-state index >= 15 is 0 Å². The second-order valence-electron chi connectivity index (χ2n) is 8.03. The number of ether oxygens (including phenoxy) is 3. The highest BCUT2D eigenvalue weighted by molar-refractivity contribution is 5.72. The molecule has 0 bridgehead atoms. The van der Waals surface area contributed by atoms with Crippen LogP contribution in [0.5, 0.6) is 0 Å². The fourth-order valence-electron chi connectivity index (χ4n) is 3.45. The van der Waals surface area contributed by atoms with Crippen molar-refractivity contribution >= 4 is 11.9 Å². The molecule has 15 heteroatoms. The molecule has 0 aromatic rings. The highest BCUT2D eigenvalue weighted by atomic mass is 16.8. The smallest absolute Gasteiger partial charge is 0.310 e. The number of carboxylic acid groups (broad SMARTS) is 2. The third-order valence-electron chi connectivity index (χ3n) is 5.58. The summed E-state index contributed by atoms with van der Waals surface area (Å²) in [5, 5.41) is 93.5. The Kier molecular flexibility index (Phi) is 12.6. The lowest BCUT2D eigenvalue weighted by Crippen LogP contribution is -2.62. The lowest BCUT2D eigenvalue weighted by atomic mass is 9.99. The predicted molar refractivity (Wildman–Crippen MR) is 111 cm³/mol. The summed E-state index contributed by atoms with van der Waals surface area (Å²) < 4.78 is 15.4. The molecule has 2 heterocycles. The SMILES string of the molecule is C=CC(CCCC(=O)O)C(=O)O.OC[C@H]1O[C@@](CO)(O[C@H]2O[C@H](CO)[C@@H](O)[C@H](O)[C@H]2O)[C@@H](O)[C@@H]1O. The van der Waals surface area contributed by atoms with Gasteiger partial charge in [-0.3, -0.25) is 9.59 Å². The zero-order chi connectivity index (χ0) is 26.9. The summed E-state index contributed by atoms with van der Waals surface area (Å²) in [6.45, 7) is 1.03. The first-order chi connectivity index (χ1) is 16.4. The molecule has 0 radical (unpaired) electrons. The Morgan fingerprint density at radius 3 is 1.97 bits per heavy atom. The average molecular weight is 514 g/mol. The van der Waals surface area contributed by atoms with E-state index in [4.69, 9.17) is 34.6 Å². The van der Waals surface area contributed by atoms with Crippen LogP contribution in [-0.2, 0) is 23.8 Å². The van der Waals surface area contributed by atoms with Crippen LogP contribution >= 0.6 is 0 Å². The molecule has 1 unspecified atom stereocenters. The third-order valence-corrected chi connectivity index (χ3v) is 5.58. The van der Waals surface area contributed by atoms with Crippen LogP contribution in [0.3, 0.4) is 0 Å². The molecule has 0 aromatic carbocycles. The van der Waals surface area contributed by atoms with E-state index in [2.05, 4.69) is 6.58 Å². The molecule has 2 saturated heterocycles. The molecule has 35 heavy (non-hydrogen) atoms. The summed E-state index contributed by atoms with van der Waals surface area (Å²) in [6.07, 6.45) is -10.6. The van der Waals surface area contributed by atoms with Gasteiger partial charge in [-0.1, -0.05) is 6.08 Å². The van der Waals surface area contributed by atoms with E-state index in [1.807, 2.05) is 0 Å². The van der Waals surface area contributed by atoms with E-state index in [0.29, 0.717) is 12.8 Å². The van der Waals surface area contributed by atoms with Crippen LogP contribution in [0.15, 0.2) is 12.7 Å². The first kappa shape index (κ1) is 31.3. The highest BCUT2D eigenvalue weighted by Gasteiger charge is 2.58.